The summed E-state index contributed by atoms with van der Waals surface area (Å²) in [5.74, 6) is -0.0320. The maximum Gasteiger partial charge on any atom is 0.407 e. The highest BCUT2D eigenvalue weighted by Gasteiger charge is 2.22. The molecule has 1 saturated heterocycles. The first-order chi connectivity index (χ1) is 12.0. The molecule has 9 nitrogen and oxygen atoms in total. The highest BCUT2D eigenvalue weighted by molar-refractivity contribution is 5.77. The van der Waals surface area contributed by atoms with E-state index in [4.69, 9.17) is 4.74 Å². The van der Waals surface area contributed by atoms with Crippen LogP contribution in [0, 0.1) is 10.1 Å². The van der Waals surface area contributed by atoms with E-state index in [-0.39, 0.29) is 24.6 Å². The SMILES string of the molecule is CCOC(=O)NCCC(=O)N1CCN(c2cccc([N+](=O)[O-])c2)CC1. The lowest BCUT2D eigenvalue weighted by Gasteiger charge is -2.36. The van der Waals surface area contributed by atoms with E-state index in [2.05, 4.69) is 5.32 Å². The number of carbonyl (C=O) groups is 2. The molecule has 0 radical (unpaired) electrons. The Bertz CT molecular complexity index is 629. The van der Waals surface area contributed by atoms with Crippen LogP contribution in [-0.2, 0) is 9.53 Å². The van der Waals surface area contributed by atoms with E-state index >= 15 is 0 Å². The molecule has 1 aromatic carbocycles. The van der Waals surface area contributed by atoms with Crippen molar-refractivity contribution in [1.82, 2.24) is 10.2 Å². The Kier molecular flexibility index (Phi) is 6.55. The molecule has 1 aliphatic heterocycles. The van der Waals surface area contributed by atoms with Gasteiger partial charge < -0.3 is 19.9 Å². The number of amides is 2. The number of anilines is 1. The number of hydrogen-bond acceptors (Lipinski definition) is 6. The highest BCUT2D eigenvalue weighted by Crippen LogP contribution is 2.22. The average Bonchev–Trinajstić information content (AvgIpc) is 2.62. The van der Waals surface area contributed by atoms with E-state index in [1.807, 2.05) is 11.0 Å². The maximum atomic E-state index is 12.2. The first-order valence-electron chi connectivity index (χ1n) is 8.19. The molecule has 9 heteroatoms. The Hall–Kier alpha value is -2.84. The number of non-ortho nitro benzene ring substituents is 1. The molecule has 25 heavy (non-hydrogen) atoms. The van der Waals surface area contributed by atoms with Crippen molar-refractivity contribution in [3.05, 3.63) is 34.4 Å². The molecule has 1 heterocycles. The van der Waals surface area contributed by atoms with Crippen LogP contribution in [0.25, 0.3) is 0 Å². The van der Waals surface area contributed by atoms with Gasteiger partial charge in [0, 0.05) is 57.0 Å². The summed E-state index contributed by atoms with van der Waals surface area (Å²) in [6.45, 7) is 4.55. The molecule has 1 aromatic rings. The first-order valence-corrected chi connectivity index (χ1v) is 8.19. The molecule has 136 valence electrons. The number of piperazine rings is 1. The first kappa shape index (κ1) is 18.5. The molecule has 1 aliphatic rings. The molecule has 2 amide bonds. The predicted molar refractivity (Wildman–Crippen MR) is 91.5 cm³/mol. The summed E-state index contributed by atoms with van der Waals surface area (Å²) >= 11 is 0. The van der Waals surface area contributed by atoms with Gasteiger partial charge in [0.05, 0.1) is 11.5 Å². The van der Waals surface area contributed by atoms with Gasteiger partial charge in [0.15, 0.2) is 0 Å². The second kappa shape index (κ2) is 8.86. The summed E-state index contributed by atoms with van der Waals surface area (Å²) in [7, 11) is 0. The van der Waals surface area contributed by atoms with Crippen LogP contribution in [0.4, 0.5) is 16.2 Å². The van der Waals surface area contributed by atoms with Gasteiger partial charge in [-0.05, 0) is 13.0 Å². The molecule has 0 saturated carbocycles. The monoisotopic (exact) mass is 350 g/mol. The zero-order valence-corrected chi connectivity index (χ0v) is 14.1. The third kappa shape index (κ3) is 5.33. The number of ether oxygens (including phenoxy) is 1. The number of nitrogens with one attached hydrogen (secondary N) is 1. The minimum Gasteiger partial charge on any atom is -0.450 e. The van der Waals surface area contributed by atoms with E-state index in [9.17, 15) is 19.7 Å². The van der Waals surface area contributed by atoms with E-state index in [0.717, 1.165) is 5.69 Å². The summed E-state index contributed by atoms with van der Waals surface area (Å²) in [6, 6.07) is 6.49. The lowest BCUT2D eigenvalue weighted by molar-refractivity contribution is -0.384. The standard InChI is InChI=1S/C16H22N4O5/c1-2-25-16(22)17-7-6-15(21)19-10-8-18(9-11-19)13-4-3-5-14(12-13)20(23)24/h3-5,12H,2,6-11H2,1H3,(H,17,22). The number of nitro benzene ring substituents is 1. The Morgan fingerprint density at radius 2 is 2.00 bits per heavy atom. The number of nitrogens with zero attached hydrogens (tertiary/aromatic N) is 3. The van der Waals surface area contributed by atoms with Gasteiger partial charge in [-0.25, -0.2) is 4.79 Å². The van der Waals surface area contributed by atoms with Crippen LogP contribution in [0.1, 0.15) is 13.3 Å². The molecule has 0 aliphatic carbocycles. The van der Waals surface area contributed by atoms with E-state index in [1.165, 1.54) is 6.07 Å². The molecule has 2 rings (SSSR count). The summed E-state index contributed by atoms with van der Waals surface area (Å²) in [4.78, 5) is 37.5. The Morgan fingerprint density at radius 1 is 1.28 bits per heavy atom. The van der Waals surface area contributed by atoms with Crippen molar-refractivity contribution in [1.29, 1.82) is 0 Å². The van der Waals surface area contributed by atoms with Crippen LogP contribution < -0.4 is 10.2 Å². The molecular weight excluding hydrogens is 328 g/mol. The van der Waals surface area contributed by atoms with E-state index in [0.29, 0.717) is 32.8 Å². The third-order valence-electron chi connectivity index (χ3n) is 3.92. The van der Waals surface area contributed by atoms with E-state index in [1.54, 1.807) is 24.0 Å². The Morgan fingerprint density at radius 3 is 2.64 bits per heavy atom. The summed E-state index contributed by atoms with van der Waals surface area (Å²) in [6.07, 6.45) is -0.305. The van der Waals surface area contributed by atoms with Crippen LogP contribution in [-0.4, -0.2) is 61.2 Å². The van der Waals surface area contributed by atoms with Gasteiger partial charge in [-0.15, -0.1) is 0 Å². The number of benzene rings is 1. The average molecular weight is 350 g/mol. The normalized spacial score (nSPS) is 14.1. The fourth-order valence-corrected chi connectivity index (χ4v) is 2.63. The molecule has 1 fully saturated rings. The quantitative estimate of drug-likeness (QED) is 0.614. The number of carbonyl (C=O) groups excluding carboxylic acids is 2. The van der Waals surface area contributed by atoms with Crippen LogP contribution >= 0.6 is 0 Å². The van der Waals surface area contributed by atoms with Crippen molar-refractivity contribution >= 4 is 23.4 Å². The molecule has 0 spiro atoms. The molecule has 0 bridgehead atoms. The number of alkyl carbamates (subject to hydrolysis) is 1. The van der Waals surface area contributed by atoms with Gasteiger partial charge in [-0.1, -0.05) is 6.07 Å². The van der Waals surface area contributed by atoms with Crippen molar-refractivity contribution in [2.24, 2.45) is 0 Å². The summed E-state index contributed by atoms with van der Waals surface area (Å²) < 4.78 is 4.73. The molecular formula is C16H22N4O5. The lowest BCUT2D eigenvalue weighted by Crippen LogP contribution is -2.49. The van der Waals surface area contributed by atoms with Gasteiger partial charge in [0.25, 0.3) is 5.69 Å². The zero-order chi connectivity index (χ0) is 18.2. The summed E-state index contributed by atoms with van der Waals surface area (Å²) in [5, 5.41) is 13.4. The van der Waals surface area contributed by atoms with Gasteiger partial charge in [0.1, 0.15) is 0 Å². The molecule has 0 unspecified atom stereocenters. The predicted octanol–water partition coefficient (Wildman–Crippen LogP) is 1.38. The van der Waals surface area contributed by atoms with Crippen LogP contribution in [0.2, 0.25) is 0 Å². The minimum atomic E-state index is -0.522. The van der Waals surface area contributed by atoms with E-state index < -0.39 is 11.0 Å². The van der Waals surface area contributed by atoms with Crippen LogP contribution in [0.5, 0.6) is 0 Å². The lowest BCUT2D eigenvalue weighted by atomic mass is 10.2. The van der Waals surface area contributed by atoms with Crippen LogP contribution in [0.15, 0.2) is 24.3 Å². The zero-order valence-electron chi connectivity index (χ0n) is 14.1. The van der Waals surface area contributed by atoms with Crippen molar-refractivity contribution in [3.63, 3.8) is 0 Å². The van der Waals surface area contributed by atoms with Crippen molar-refractivity contribution in [3.8, 4) is 0 Å². The fourth-order valence-electron chi connectivity index (χ4n) is 2.63. The second-order valence-electron chi connectivity index (χ2n) is 5.54. The van der Waals surface area contributed by atoms with Crippen molar-refractivity contribution in [2.75, 3.05) is 44.2 Å². The topological polar surface area (TPSA) is 105 Å². The minimum absolute atomic E-state index is 0.0320. The molecule has 1 N–H and O–H groups in total. The smallest absolute Gasteiger partial charge is 0.407 e. The number of hydrogen-bond donors (Lipinski definition) is 1. The van der Waals surface area contributed by atoms with Gasteiger partial charge >= 0.3 is 6.09 Å². The largest absolute Gasteiger partial charge is 0.450 e. The van der Waals surface area contributed by atoms with Crippen molar-refractivity contribution in [2.45, 2.75) is 13.3 Å². The molecule has 0 aromatic heterocycles. The number of nitro groups is 1. The van der Waals surface area contributed by atoms with Crippen LogP contribution in [0.3, 0.4) is 0 Å². The van der Waals surface area contributed by atoms with Gasteiger partial charge in [-0.3, -0.25) is 14.9 Å². The number of rotatable bonds is 6. The fraction of sp³-hybridized carbons (Fsp3) is 0.500. The Labute approximate surface area is 145 Å². The van der Waals surface area contributed by atoms with Crippen molar-refractivity contribution < 1.29 is 19.2 Å². The second-order valence-corrected chi connectivity index (χ2v) is 5.54. The van der Waals surface area contributed by atoms with Gasteiger partial charge in [0.2, 0.25) is 5.91 Å². The Balaban J connectivity index is 1.79. The molecule has 0 atom stereocenters. The third-order valence-corrected chi connectivity index (χ3v) is 3.92. The summed E-state index contributed by atoms with van der Waals surface area (Å²) in [5.41, 5.74) is 0.839. The highest BCUT2D eigenvalue weighted by atomic mass is 16.6. The van der Waals surface area contributed by atoms with Gasteiger partial charge in [-0.2, -0.15) is 0 Å². The maximum absolute atomic E-state index is 12.2.